The molecule has 0 saturated carbocycles. The normalized spacial score (nSPS) is 12.3. The van der Waals surface area contributed by atoms with E-state index in [9.17, 15) is 0 Å². The predicted octanol–water partition coefficient (Wildman–Crippen LogP) is 4.14. The highest BCUT2D eigenvalue weighted by atomic mass is 32.1. The second-order valence-corrected chi connectivity index (χ2v) is 4.29. The van der Waals surface area contributed by atoms with E-state index < -0.39 is 0 Å². The van der Waals surface area contributed by atoms with E-state index in [0.29, 0.717) is 0 Å². The van der Waals surface area contributed by atoms with E-state index >= 15 is 0 Å². The maximum atomic E-state index is 3.87. The van der Waals surface area contributed by atoms with Crippen LogP contribution in [0.1, 0.15) is 11.8 Å². The van der Waals surface area contributed by atoms with Crippen LogP contribution in [0.3, 0.4) is 0 Å². The van der Waals surface area contributed by atoms with Gasteiger partial charge in [0.05, 0.1) is 0 Å². The Kier molecular flexibility index (Phi) is 2.19. The third kappa shape index (κ3) is 1.81. The molecule has 2 aromatic rings. The molecule has 13 heavy (non-hydrogen) atoms. The number of hydrogen-bond acceptors (Lipinski definition) is 1. The largest absolute Gasteiger partial charge is 0.136 e. The molecule has 0 bridgehead atoms. The summed E-state index contributed by atoms with van der Waals surface area (Å²) in [6.07, 6.45) is 2.12. The van der Waals surface area contributed by atoms with Crippen molar-refractivity contribution in [3.8, 4) is 0 Å². The molecule has 0 amide bonds. The zero-order chi connectivity index (χ0) is 9.26. The molecule has 0 nitrogen and oxygen atoms in total. The lowest BCUT2D eigenvalue weighted by atomic mass is 10.2. The van der Waals surface area contributed by atoms with Crippen LogP contribution in [0.4, 0.5) is 0 Å². The van der Waals surface area contributed by atoms with E-state index in [1.165, 1.54) is 15.0 Å². The van der Waals surface area contributed by atoms with Crippen molar-refractivity contribution in [3.63, 3.8) is 0 Å². The molecule has 0 aliphatic carbocycles. The predicted molar refractivity (Wildman–Crippen MR) is 60.8 cm³/mol. The smallest absolute Gasteiger partial charge is 0.0349 e. The van der Waals surface area contributed by atoms with Crippen molar-refractivity contribution >= 4 is 27.5 Å². The fourth-order valence-electron chi connectivity index (χ4n) is 1.32. The molecule has 1 aromatic heterocycles. The molecule has 1 heteroatoms. The van der Waals surface area contributed by atoms with E-state index in [-0.39, 0.29) is 0 Å². The Balaban J connectivity index is 2.56. The summed E-state index contributed by atoms with van der Waals surface area (Å²) >= 11 is 1.81. The summed E-state index contributed by atoms with van der Waals surface area (Å²) in [5.74, 6) is 0. The number of benzene rings is 1. The first-order valence-electron chi connectivity index (χ1n) is 4.24. The first-order chi connectivity index (χ1) is 6.25. The summed E-state index contributed by atoms with van der Waals surface area (Å²) in [5.41, 5.74) is 1.10. The van der Waals surface area contributed by atoms with Gasteiger partial charge in [0, 0.05) is 9.58 Å². The van der Waals surface area contributed by atoms with Crippen molar-refractivity contribution in [1.29, 1.82) is 0 Å². The number of hydrogen-bond donors (Lipinski definition) is 0. The van der Waals surface area contributed by atoms with Crippen molar-refractivity contribution in [3.05, 3.63) is 47.7 Å². The highest BCUT2D eigenvalue weighted by Gasteiger charge is 1.97. The van der Waals surface area contributed by atoms with Crippen molar-refractivity contribution < 1.29 is 0 Å². The molecule has 0 fully saturated rings. The molecule has 0 saturated heterocycles. The summed E-state index contributed by atoms with van der Waals surface area (Å²) in [6, 6.07) is 10.6. The first kappa shape index (κ1) is 8.52. The lowest BCUT2D eigenvalue weighted by molar-refractivity contribution is 1.58. The van der Waals surface area contributed by atoms with Crippen LogP contribution in [0.15, 0.2) is 35.9 Å². The van der Waals surface area contributed by atoms with Crippen molar-refractivity contribution in [2.45, 2.75) is 6.92 Å². The Morgan fingerprint density at radius 3 is 2.85 bits per heavy atom. The summed E-state index contributed by atoms with van der Waals surface area (Å²) in [5, 5.41) is 1.32. The molecule has 0 aliphatic rings. The Bertz CT molecular complexity index is 412. The molecular weight excluding hydrogens is 176 g/mol. The van der Waals surface area contributed by atoms with Gasteiger partial charge in [-0.15, -0.1) is 11.3 Å². The molecule has 0 spiro atoms. The van der Waals surface area contributed by atoms with Crippen LogP contribution in [0, 0.1) is 6.92 Å². The maximum absolute atomic E-state index is 3.87. The third-order valence-electron chi connectivity index (χ3n) is 1.83. The van der Waals surface area contributed by atoms with Gasteiger partial charge in [-0.3, -0.25) is 0 Å². The molecule has 65 valence electrons. The molecular formula is C12H11S. The average molecular weight is 187 g/mol. The molecule has 1 aromatic carbocycles. The van der Waals surface area contributed by atoms with E-state index in [4.69, 9.17) is 0 Å². The summed E-state index contributed by atoms with van der Waals surface area (Å²) < 4.78 is 1.34. The zero-order valence-electron chi connectivity index (χ0n) is 7.58. The van der Waals surface area contributed by atoms with Gasteiger partial charge in [-0.1, -0.05) is 23.8 Å². The van der Waals surface area contributed by atoms with Gasteiger partial charge in [0.1, 0.15) is 0 Å². The third-order valence-corrected chi connectivity index (χ3v) is 2.90. The molecule has 0 unspecified atom stereocenters. The SMILES string of the molecule is [CH2]C(C)=Cc1cc2ccccc2s1. The zero-order valence-corrected chi connectivity index (χ0v) is 8.40. The van der Waals surface area contributed by atoms with Crippen LogP contribution in [-0.2, 0) is 0 Å². The summed E-state index contributed by atoms with van der Waals surface area (Å²) in [7, 11) is 0. The second kappa shape index (κ2) is 3.35. The Morgan fingerprint density at radius 1 is 1.38 bits per heavy atom. The van der Waals surface area contributed by atoms with Crippen molar-refractivity contribution in [2.24, 2.45) is 0 Å². The number of thiophene rings is 1. The number of allylic oxidation sites excluding steroid dienone is 1. The molecule has 0 aliphatic heterocycles. The molecule has 0 N–H and O–H groups in total. The molecule has 2 rings (SSSR count). The Morgan fingerprint density at radius 2 is 2.15 bits per heavy atom. The lowest BCUT2D eigenvalue weighted by Gasteiger charge is -1.84. The topological polar surface area (TPSA) is 0 Å². The van der Waals surface area contributed by atoms with Crippen LogP contribution in [0.25, 0.3) is 16.2 Å². The van der Waals surface area contributed by atoms with Gasteiger partial charge < -0.3 is 0 Å². The Labute approximate surface area is 82.5 Å². The van der Waals surface area contributed by atoms with E-state index in [1.807, 2.05) is 18.3 Å². The second-order valence-electron chi connectivity index (χ2n) is 3.18. The first-order valence-corrected chi connectivity index (χ1v) is 5.06. The van der Waals surface area contributed by atoms with Crippen molar-refractivity contribution in [2.75, 3.05) is 0 Å². The lowest BCUT2D eigenvalue weighted by Crippen LogP contribution is -1.62. The fraction of sp³-hybridized carbons (Fsp3) is 0.0833. The molecule has 1 radical (unpaired) electrons. The highest BCUT2D eigenvalue weighted by Crippen LogP contribution is 2.26. The minimum Gasteiger partial charge on any atom is -0.136 e. The maximum Gasteiger partial charge on any atom is 0.0349 e. The van der Waals surface area contributed by atoms with Crippen LogP contribution in [-0.4, -0.2) is 0 Å². The van der Waals surface area contributed by atoms with Gasteiger partial charge in [0.2, 0.25) is 0 Å². The van der Waals surface area contributed by atoms with Gasteiger partial charge in [-0.05, 0) is 37.4 Å². The number of rotatable bonds is 1. The van der Waals surface area contributed by atoms with Crippen LogP contribution >= 0.6 is 11.3 Å². The molecule has 1 heterocycles. The standard InChI is InChI=1S/C12H11S/c1-9(2)7-11-8-10-5-3-4-6-12(10)13-11/h3-8H,1H2,2H3. The summed E-state index contributed by atoms with van der Waals surface area (Å²) in [4.78, 5) is 1.29. The van der Waals surface area contributed by atoms with Gasteiger partial charge in [0.25, 0.3) is 0 Å². The Hall–Kier alpha value is -1.08. The summed E-state index contributed by atoms with van der Waals surface area (Å²) in [6.45, 7) is 5.89. The van der Waals surface area contributed by atoms with Crippen LogP contribution in [0.2, 0.25) is 0 Å². The highest BCUT2D eigenvalue weighted by molar-refractivity contribution is 7.19. The van der Waals surface area contributed by atoms with Gasteiger partial charge in [0.15, 0.2) is 0 Å². The minimum absolute atomic E-state index is 1.10. The van der Waals surface area contributed by atoms with Crippen molar-refractivity contribution in [1.82, 2.24) is 0 Å². The van der Waals surface area contributed by atoms with Gasteiger partial charge >= 0.3 is 0 Å². The monoisotopic (exact) mass is 187 g/mol. The number of fused-ring (bicyclic) bond motifs is 1. The van der Waals surface area contributed by atoms with E-state index in [0.717, 1.165) is 5.57 Å². The average Bonchev–Trinajstić information content (AvgIpc) is 2.44. The van der Waals surface area contributed by atoms with E-state index in [1.54, 1.807) is 0 Å². The van der Waals surface area contributed by atoms with Crippen LogP contribution in [0.5, 0.6) is 0 Å². The van der Waals surface area contributed by atoms with E-state index in [2.05, 4.69) is 43.3 Å². The van der Waals surface area contributed by atoms with Gasteiger partial charge in [-0.2, -0.15) is 0 Å². The quantitative estimate of drug-likeness (QED) is 0.629. The molecule has 0 atom stereocenters. The minimum atomic E-state index is 1.10. The van der Waals surface area contributed by atoms with Crippen LogP contribution < -0.4 is 0 Å². The van der Waals surface area contributed by atoms with Gasteiger partial charge in [-0.25, -0.2) is 0 Å². The fourth-order valence-corrected chi connectivity index (χ4v) is 2.41.